The maximum Gasteiger partial charge on any atom is 0.309 e. The third-order valence-electron chi connectivity index (χ3n) is 3.28. The Morgan fingerprint density at radius 3 is 2.95 bits per heavy atom. The van der Waals surface area contributed by atoms with E-state index in [1.165, 1.54) is 0 Å². The number of ether oxygens (including phenoxy) is 2. The maximum atomic E-state index is 11.5. The first-order valence-corrected chi connectivity index (χ1v) is 6.42. The van der Waals surface area contributed by atoms with E-state index >= 15 is 0 Å². The average molecular weight is 262 g/mol. The highest BCUT2D eigenvalue weighted by Crippen LogP contribution is 2.40. The van der Waals surface area contributed by atoms with Crippen LogP contribution in [0.5, 0.6) is 5.75 Å². The maximum absolute atomic E-state index is 11.5. The molecule has 1 aromatic carbocycles. The predicted octanol–water partition coefficient (Wildman–Crippen LogP) is 2.60. The fraction of sp³-hybridized carbons (Fsp3) is 0.467. The molecule has 0 aliphatic carbocycles. The SMILES string of the molecule is CC1(C)CC(OC(=O)CCC=O)Oc2ccccc21. The van der Waals surface area contributed by atoms with Crippen LogP contribution in [0.1, 0.15) is 38.7 Å². The molecule has 1 heterocycles. The molecule has 0 bridgehead atoms. The van der Waals surface area contributed by atoms with E-state index in [-0.39, 0.29) is 18.3 Å². The van der Waals surface area contributed by atoms with Crippen LogP contribution < -0.4 is 4.74 Å². The molecule has 102 valence electrons. The molecule has 4 nitrogen and oxygen atoms in total. The van der Waals surface area contributed by atoms with Crippen molar-refractivity contribution in [3.05, 3.63) is 29.8 Å². The fourth-order valence-corrected chi connectivity index (χ4v) is 2.29. The molecular formula is C15H18O4. The molecule has 0 aromatic heterocycles. The van der Waals surface area contributed by atoms with Gasteiger partial charge in [0.2, 0.25) is 6.29 Å². The van der Waals surface area contributed by atoms with Gasteiger partial charge in [0.1, 0.15) is 12.0 Å². The van der Waals surface area contributed by atoms with Crippen LogP contribution in [0.25, 0.3) is 0 Å². The van der Waals surface area contributed by atoms with Gasteiger partial charge < -0.3 is 14.3 Å². The molecule has 0 spiro atoms. The third-order valence-corrected chi connectivity index (χ3v) is 3.28. The van der Waals surface area contributed by atoms with Gasteiger partial charge in [0.25, 0.3) is 0 Å². The number of rotatable bonds is 4. The molecule has 4 heteroatoms. The standard InChI is InChI=1S/C15H18O4/c1-15(2)10-14(19-13(17)8-5-9-16)18-12-7-4-3-6-11(12)15/h3-4,6-7,9,14H,5,8,10H2,1-2H3. The van der Waals surface area contributed by atoms with Gasteiger partial charge in [0, 0.05) is 23.8 Å². The minimum atomic E-state index is -0.580. The second-order valence-electron chi connectivity index (χ2n) is 5.33. The lowest BCUT2D eigenvalue weighted by Crippen LogP contribution is -2.37. The van der Waals surface area contributed by atoms with Crippen molar-refractivity contribution in [2.24, 2.45) is 0 Å². The largest absolute Gasteiger partial charge is 0.454 e. The highest BCUT2D eigenvalue weighted by Gasteiger charge is 2.35. The normalized spacial score (nSPS) is 20.0. The van der Waals surface area contributed by atoms with Crippen molar-refractivity contribution in [1.82, 2.24) is 0 Å². The van der Waals surface area contributed by atoms with Crippen molar-refractivity contribution in [3.63, 3.8) is 0 Å². The Kier molecular flexibility index (Phi) is 3.88. The molecule has 0 amide bonds. The molecule has 0 radical (unpaired) electrons. The van der Waals surface area contributed by atoms with Gasteiger partial charge in [0.15, 0.2) is 0 Å². The lowest BCUT2D eigenvalue weighted by atomic mass is 9.79. The minimum absolute atomic E-state index is 0.103. The van der Waals surface area contributed by atoms with Crippen LogP contribution in [0, 0.1) is 0 Å². The number of carbonyl (C=O) groups excluding carboxylic acids is 2. The highest BCUT2D eigenvalue weighted by atomic mass is 16.7. The van der Waals surface area contributed by atoms with E-state index in [0.29, 0.717) is 12.7 Å². The summed E-state index contributed by atoms with van der Waals surface area (Å²) in [5.74, 6) is 0.360. The van der Waals surface area contributed by atoms with Crippen molar-refractivity contribution in [2.45, 2.75) is 44.8 Å². The molecule has 0 saturated heterocycles. The van der Waals surface area contributed by atoms with Gasteiger partial charge in [-0.25, -0.2) is 0 Å². The van der Waals surface area contributed by atoms with Gasteiger partial charge in [-0.15, -0.1) is 0 Å². The van der Waals surface area contributed by atoms with Crippen LogP contribution in [-0.4, -0.2) is 18.5 Å². The smallest absolute Gasteiger partial charge is 0.309 e. The Hall–Kier alpha value is -1.84. The second-order valence-corrected chi connectivity index (χ2v) is 5.33. The monoisotopic (exact) mass is 262 g/mol. The number of carbonyl (C=O) groups is 2. The van der Waals surface area contributed by atoms with Crippen molar-refractivity contribution < 1.29 is 19.1 Å². The van der Waals surface area contributed by atoms with Gasteiger partial charge in [-0.2, -0.15) is 0 Å². The van der Waals surface area contributed by atoms with Crippen LogP contribution in [-0.2, 0) is 19.7 Å². The molecule has 2 rings (SSSR count). The molecule has 1 aliphatic rings. The molecule has 1 unspecified atom stereocenters. The highest BCUT2D eigenvalue weighted by molar-refractivity contribution is 5.72. The van der Waals surface area contributed by atoms with Crippen LogP contribution >= 0.6 is 0 Å². The predicted molar refractivity (Wildman–Crippen MR) is 69.9 cm³/mol. The first kappa shape index (κ1) is 13.6. The first-order valence-electron chi connectivity index (χ1n) is 6.42. The number of hydrogen-bond acceptors (Lipinski definition) is 4. The second kappa shape index (κ2) is 5.43. The molecule has 0 fully saturated rings. The Morgan fingerprint density at radius 1 is 1.47 bits per heavy atom. The summed E-state index contributed by atoms with van der Waals surface area (Å²) >= 11 is 0. The molecule has 1 atom stereocenters. The number of aldehydes is 1. The Bertz CT molecular complexity index is 479. The van der Waals surface area contributed by atoms with Gasteiger partial charge in [-0.1, -0.05) is 32.0 Å². The van der Waals surface area contributed by atoms with Gasteiger partial charge in [0.05, 0.1) is 6.42 Å². The third kappa shape index (κ3) is 3.13. The zero-order valence-electron chi connectivity index (χ0n) is 11.2. The van der Waals surface area contributed by atoms with Crippen LogP contribution in [0.2, 0.25) is 0 Å². The van der Waals surface area contributed by atoms with E-state index in [0.717, 1.165) is 11.3 Å². The minimum Gasteiger partial charge on any atom is -0.454 e. The molecular weight excluding hydrogens is 244 g/mol. The van der Waals surface area contributed by atoms with E-state index in [9.17, 15) is 9.59 Å². The first-order chi connectivity index (χ1) is 9.03. The average Bonchev–Trinajstić information content (AvgIpc) is 2.35. The van der Waals surface area contributed by atoms with E-state index in [1.807, 2.05) is 24.3 Å². The van der Waals surface area contributed by atoms with E-state index in [2.05, 4.69) is 13.8 Å². The number of fused-ring (bicyclic) bond motifs is 1. The molecule has 0 N–H and O–H groups in total. The van der Waals surface area contributed by atoms with Crippen molar-refractivity contribution in [2.75, 3.05) is 0 Å². The van der Waals surface area contributed by atoms with Gasteiger partial charge in [-0.3, -0.25) is 4.79 Å². The summed E-state index contributed by atoms with van der Waals surface area (Å²) in [6, 6.07) is 7.77. The van der Waals surface area contributed by atoms with E-state index in [1.54, 1.807) is 0 Å². The molecule has 19 heavy (non-hydrogen) atoms. The Labute approximate surface area is 112 Å². The molecule has 1 aromatic rings. The van der Waals surface area contributed by atoms with E-state index in [4.69, 9.17) is 9.47 Å². The van der Waals surface area contributed by atoms with Crippen molar-refractivity contribution >= 4 is 12.3 Å². The summed E-state index contributed by atoms with van der Waals surface area (Å²) in [6.07, 6.45) is 1.03. The molecule has 0 saturated carbocycles. The number of para-hydroxylation sites is 1. The number of esters is 1. The topological polar surface area (TPSA) is 52.6 Å². The van der Waals surface area contributed by atoms with Crippen LogP contribution in [0.15, 0.2) is 24.3 Å². The fourth-order valence-electron chi connectivity index (χ4n) is 2.29. The van der Waals surface area contributed by atoms with E-state index < -0.39 is 12.3 Å². The zero-order valence-corrected chi connectivity index (χ0v) is 11.2. The van der Waals surface area contributed by atoms with Crippen LogP contribution in [0.4, 0.5) is 0 Å². The lowest BCUT2D eigenvalue weighted by molar-refractivity contribution is -0.168. The van der Waals surface area contributed by atoms with Crippen LogP contribution in [0.3, 0.4) is 0 Å². The summed E-state index contributed by atoms with van der Waals surface area (Å²) in [6.45, 7) is 4.20. The number of hydrogen-bond donors (Lipinski definition) is 0. The summed E-state index contributed by atoms with van der Waals surface area (Å²) < 4.78 is 11.0. The van der Waals surface area contributed by atoms with Crippen molar-refractivity contribution in [1.29, 1.82) is 0 Å². The quantitative estimate of drug-likeness (QED) is 0.618. The van der Waals surface area contributed by atoms with Gasteiger partial charge >= 0.3 is 5.97 Å². The summed E-state index contributed by atoms with van der Waals surface area (Å²) in [5, 5.41) is 0. The van der Waals surface area contributed by atoms with Crippen molar-refractivity contribution in [3.8, 4) is 5.75 Å². The summed E-state index contributed by atoms with van der Waals surface area (Å²) in [7, 11) is 0. The number of benzene rings is 1. The summed E-state index contributed by atoms with van der Waals surface area (Å²) in [5.41, 5.74) is 1.01. The Balaban J connectivity index is 2.07. The molecule has 1 aliphatic heterocycles. The lowest BCUT2D eigenvalue weighted by Gasteiger charge is -2.36. The Morgan fingerprint density at radius 2 is 2.21 bits per heavy atom. The zero-order chi connectivity index (χ0) is 13.9. The van der Waals surface area contributed by atoms with Gasteiger partial charge in [-0.05, 0) is 6.07 Å². The summed E-state index contributed by atoms with van der Waals surface area (Å²) in [4.78, 5) is 21.8.